The fourth-order valence-electron chi connectivity index (χ4n) is 1.48. The van der Waals surface area contributed by atoms with E-state index in [0.717, 1.165) is 13.0 Å². The number of aromatic nitrogens is 2. The molecule has 0 unspecified atom stereocenters. The van der Waals surface area contributed by atoms with E-state index in [-0.39, 0.29) is 0 Å². The van der Waals surface area contributed by atoms with Gasteiger partial charge < -0.3 is 0 Å². The van der Waals surface area contributed by atoms with Gasteiger partial charge in [0.15, 0.2) is 0 Å². The Balaban J connectivity index is 1.95. The van der Waals surface area contributed by atoms with Crippen LogP contribution in [0.15, 0.2) is 42.7 Å². The van der Waals surface area contributed by atoms with Crippen molar-refractivity contribution in [3.63, 3.8) is 0 Å². The van der Waals surface area contributed by atoms with Crippen LogP contribution >= 0.6 is 0 Å². The second-order valence-corrected chi connectivity index (χ2v) is 3.52. The van der Waals surface area contributed by atoms with Crippen LogP contribution in [-0.4, -0.2) is 9.78 Å². The standard InChI is InChI=1S/C12H14N2/c1-11-9-13-14(10-11)8-7-12-5-3-2-4-6-12/h2-6,9-10H,7-8H2,1H3. The molecule has 0 fully saturated rings. The smallest absolute Gasteiger partial charge is 0.0518 e. The van der Waals surface area contributed by atoms with Crippen molar-refractivity contribution in [1.29, 1.82) is 0 Å². The van der Waals surface area contributed by atoms with Crippen molar-refractivity contribution in [2.24, 2.45) is 0 Å². The molecule has 72 valence electrons. The lowest BCUT2D eigenvalue weighted by Crippen LogP contribution is -2.01. The fraction of sp³-hybridized carbons (Fsp3) is 0.250. The molecule has 1 heterocycles. The minimum Gasteiger partial charge on any atom is -0.272 e. The van der Waals surface area contributed by atoms with Crippen molar-refractivity contribution < 1.29 is 0 Å². The van der Waals surface area contributed by atoms with Crippen molar-refractivity contribution >= 4 is 0 Å². The lowest BCUT2D eigenvalue weighted by molar-refractivity contribution is 0.614. The highest BCUT2D eigenvalue weighted by Crippen LogP contribution is 2.02. The molecule has 0 N–H and O–H groups in total. The molecule has 14 heavy (non-hydrogen) atoms. The summed E-state index contributed by atoms with van der Waals surface area (Å²) in [6.45, 7) is 3.02. The molecule has 1 aromatic heterocycles. The first-order valence-corrected chi connectivity index (χ1v) is 4.87. The third kappa shape index (κ3) is 2.22. The summed E-state index contributed by atoms with van der Waals surface area (Å²) < 4.78 is 1.99. The normalized spacial score (nSPS) is 10.4. The molecule has 2 nitrogen and oxygen atoms in total. The van der Waals surface area contributed by atoms with Crippen molar-refractivity contribution in [3.05, 3.63) is 53.9 Å². The number of nitrogens with zero attached hydrogens (tertiary/aromatic N) is 2. The van der Waals surface area contributed by atoms with Crippen LogP contribution < -0.4 is 0 Å². The largest absolute Gasteiger partial charge is 0.272 e. The van der Waals surface area contributed by atoms with Crippen LogP contribution in [0.3, 0.4) is 0 Å². The van der Waals surface area contributed by atoms with E-state index in [4.69, 9.17) is 0 Å². The molecule has 0 bridgehead atoms. The summed E-state index contributed by atoms with van der Waals surface area (Å²) in [7, 11) is 0. The monoisotopic (exact) mass is 186 g/mol. The predicted molar refractivity (Wildman–Crippen MR) is 57.1 cm³/mol. The Bertz CT molecular complexity index is 390. The molecule has 0 saturated carbocycles. The summed E-state index contributed by atoms with van der Waals surface area (Å²) in [5.74, 6) is 0. The highest BCUT2D eigenvalue weighted by atomic mass is 15.3. The van der Waals surface area contributed by atoms with Crippen LogP contribution in [0.5, 0.6) is 0 Å². The van der Waals surface area contributed by atoms with Crippen LogP contribution in [0.2, 0.25) is 0 Å². The Kier molecular flexibility index (Phi) is 2.63. The molecule has 2 rings (SSSR count). The van der Waals surface area contributed by atoms with Gasteiger partial charge in [-0.05, 0) is 24.5 Å². The fourth-order valence-corrected chi connectivity index (χ4v) is 1.48. The molecule has 0 radical (unpaired) electrons. The van der Waals surface area contributed by atoms with Crippen molar-refractivity contribution in [2.75, 3.05) is 0 Å². The summed E-state index contributed by atoms with van der Waals surface area (Å²) in [4.78, 5) is 0. The van der Waals surface area contributed by atoms with E-state index in [1.807, 2.05) is 16.9 Å². The lowest BCUT2D eigenvalue weighted by Gasteiger charge is -2.01. The van der Waals surface area contributed by atoms with Crippen LogP contribution in [0.4, 0.5) is 0 Å². The first-order chi connectivity index (χ1) is 6.84. The van der Waals surface area contributed by atoms with Crippen LogP contribution in [0.25, 0.3) is 0 Å². The van der Waals surface area contributed by atoms with Crippen molar-refractivity contribution in [2.45, 2.75) is 19.9 Å². The number of aryl methyl sites for hydroxylation is 3. The Hall–Kier alpha value is -1.57. The van der Waals surface area contributed by atoms with Crippen molar-refractivity contribution in [1.82, 2.24) is 9.78 Å². The van der Waals surface area contributed by atoms with Gasteiger partial charge in [0.25, 0.3) is 0 Å². The minimum absolute atomic E-state index is 0.956. The third-order valence-electron chi connectivity index (χ3n) is 2.23. The van der Waals surface area contributed by atoms with Gasteiger partial charge in [-0.15, -0.1) is 0 Å². The molecule has 0 aliphatic rings. The van der Waals surface area contributed by atoms with Crippen molar-refractivity contribution in [3.8, 4) is 0 Å². The molecule has 0 aliphatic carbocycles. The summed E-state index contributed by atoms with van der Waals surface area (Å²) >= 11 is 0. The van der Waals surface area contributed by atoms with Gasteiger partial charge in [0, 0.05) is 12.7 Å². The van der Waals surface area contributed by atoms with Crippen LogP contribution in [0, 0.1) is 6.92 Å². The van der Waals surface area contributed by atoms with Crippen LogP contribution in [-0.2, 0) is 13.0 Å². The second-order valence-electron chi connectivity index (χ2n) is 3.52. The number of hydrogen-bond acceptors (Lipinski definition) is 1. The zero-order valence-electron chi connectivity index (χ0n) is 8.35. The Morgan fingerprint density at radius 1 is 1.21 bits per heavy atom. The maximum absolute atomic E-state index is 4.25. The number of hydrogen-bond donors (Lipinski definition) is 0. The second kappa shape index (κ2) is 4.09. The van der Waals surface area contributed by atoms with E-state index in [1.54, 1.807) is 0 Å². The Morgan fingerprint density at radius 2 is 2.00 bits per heavy atom. The Labute approximate surface area is 84.2 Å². The maximum Gasteiger partial charge on any atom is 0.0518 e. The van der Waals surface area contributed by atoms with Gasteiger partial charge in [0.05, 0.1) is 6.20 Å². The molecule has 1 aromatic carbocycles. The first kappa shape index (κ1) is 9.00. The van der Waals surface area contributed by atoms with Gasteiger partial charge in [-0.25, -0.2) is 0 Å². The highest BCUT2D eigenvalue weighted by molar-refractivity contribution is 5.14. The van der Waals surface area contributed by atoms with Gasteiger partial charge in [-0.2, -0.15) is 5.10 Å². The predicted octanol–water partition coefficient (Wildman–Crippen LogP) is 2.43. The molecule has 0 atom stereocenters. The van der Waals surface area contributed by atoms with Gasteiger partial charge in [-0.3, -0.25) is 4.68 Å². The molecular weight excluding hydrogens is 172 g/mol. The zero-order valence-corrected chi connectivity index (χ0v) is 8.35. The minimum atomic E-state index is 0.956. The van der Waals surface area contributed by atoms with E-state index in [0.29, 0.717) is 0 Å². The third-order valence-corrected chi connectivity index (χ3v) is 2.23. The first-order valence-electron chi connectivity index (χ1n) is 4.87. The average Bonchev–Trinajstić information content (AvgIpc) is 2.63. The van der Waals surface area contributed by atoms with Crippen LogP contribution in [0.1, 0.15) is 11.1 Å². The van der Waals surface area contributed by atoms with E-state index < -0.39 is 0 Å². The molecular formula is C12H14N2. The van der Waals surface area contributed by atoms with E-state index in [9.17, 15) is 0 Å². The maximum atomic E-state index is 4.25. The summed E-state index contributed by atoms with van der Waals surface area (Å²) in [6, 6.07) is 10.5. The van der Waals surface area contributed by atoms with Gasteiger partial charge in [0.2, 0.25) is 0 Å². The molecule has 0 aliphatic heterocycles. The topological polar surface area (TPSA) is 17.8 Å². The van der Waals surface area contributed by atoms with E-state index in [1.165, 1.54) is 11.1 Å². The summed E-state index contributed by atoms with van der Waals surface area (Å²) in [5, 5.41) is 4.25. The molecule has 2 aromatic rings. The number of benzene rings is 1. The van der Waals surface area contributed by atoms with E-state index >= 15 is 0 Å². The summed E-state index contributed by atoms with van der Waals surface area (Å²) in [6.07, 6.45) is 5.01. The lowest BCUT2D eigenvalue weighted by atomic mass is 10.1. The summed E-state index contributed by atoms with van der Waals surface area (Å²) in [5.41, 5.74) is 2.58. The van der Waals surface area contributed by atoms with Gasteiger partial charge in [0.1, 0.15) is 0 Å². The quantitative estimate of drug-likeness (QED) is 0.720. The number of rotatable bonds is 3. The molecule has 0 saturated heterocycles. The van der Waals surface area contributed by atoms with Gasteiger partial charge in [-0.1, -0.05) is 30.3 Å². The zero-order chi connectivity index (χ0) is 9.80. The molecule has 0 amide bonds. The van der Waals surface area contributed by atoms with Gasteiger partial charge >= 0.3 is 0 Å². The van der Waals surface area contributed by atoms with E-state index in [2.05, 4.69) is 42.5 Å². The highest BCUT2D eigenvalue weighted by Gasteiger charge is 1.95. The SMILES string of the molecule is Cc1cnn(CCc2ccccc2)c1. The molecule has 0 spiro atoms. The average molecular weight is 186 g/mol. The Morgan fingerprint density at radius 3 is 2.64 bits per heavy atom. The molecule has 2 heteroatoms.